The van der Waals surface area contributed by atoms with Gasteiger partial charge in [0, 0.05) is 22.6 Å². The molecule has 0 spiro atoms. The third-order valence-corrected chi connectivity index (χ3v) is 4.43. The first-order valence-electron chi connectivity index (χ1n) is 6.41. The third kappa shape index (κ3) is 6.81. The molecule has 0 saturated carbocycles. The van der Waals surface area contributed by atoms with Crippen molar-refractivity contribution in [3.8, 4) is 0 Å². The van der Waals surface area contributed by atoms with Gasteiger partial charge in [0.1, 0.15) is 12.1 Å². The Kier molecular flexibility index (Phi) is 7.75. The Morgan fingerprint density at radius 1 is 0.909 bits per heavy atom. The lowest BCUT2D eigenvalue weighted by molar-refractivity contribution is -0.139. The number of carboxylic acids is 2. The maximum Gasteiger partial charge on any atom is 0.320 e. The zero-order chi connectivity index (χ0) is 16.5. The van der Waals surface area contributed by atoms with Crippen molar-refractivity contribution in [3.63, 3.8) is 0 Å². The van der Waals surface area contributed by atoms with Crippen LogP contribution in [-0.2, 0) is 22.4 Å². The lowest BCUT2D eigenvalue weighted by Gasteiger charge is -2.02. The van der Waals surface area contributed by atoms with E-state index in [4.69, 9.17) is 21.7 Å². The summed E-state index contributed by atoms with van der Waals surface area (Å²) in [6, 6.07) is 5.99. The highest BCUT2D eigenvalue weighted by atomic mass is 32.1. The number of nitrogens with two attached hydrogens (primary N) is 2. The molecule has 0 amide bonds. The second-order valence-corrected chi connectivity index (χ2v) is 6.52. The van der Waals surface area contributed by atoms with E-state index in [1.54, 1.807) is 0 Å². The van der Waals surface area contributed by atoms with Gasteiger partial charge in [-0.1, -0.05) is 12.1 Å². The Hall–Kier alpha value is -1.74. The maximum absolute atomic E-state index is 10.3. The number of carbonyl (C=O) groups is 2. The first-order valence-corrected chi connectivity index (χ1v) is 8.17. The average Bonchev–Trinajstić information content (AvgIpc) is 3.12. The molecule has 2 atom stereocenters. The zero-order valence-electron chi connectivity index (χ0n) is 11.7. The van der Waals surface area contributed by atoms with Gasteiger partial charge in [0.2, 0.25) is 0 Å². The molecule has 8 heteroatoms. The zero-order valence-corrected chi connectivity index (χ0v) is 13.3. The second-order valence-electron chi connectivity index (χ2n) is 4.46. The highest BCUT2D eigenvalue weighted by molar-refractivity contribution is 7.10. The SMILES string of the molecule is NC(Cc1cccs1)C(=O)O.N[C@@H](Cc1cccs1)C(=O)O. The fourth-order valence-electron chi connectivity index (χ4n) is 1.47. The molecule has 22 heavy (non-hydrogen) atoms. The number of hydrogen-bond donors (Lipinski definition) is 4. The molecule has 2 rings (SSSR count). The minimum absolute atomic E-state index is 0.424. The van der Waals surface area contributed by atoms with Gasteiger partial charge in [0.25, 0.3) is 0 Å². The van der Waals surface area contributed by atoms with Crippen molar-refractivity contribution in [2.75, 3.05) is 0 Å². The van der Waals surface area contributed by atoms with E-state index in [9.17, 15) is 9.59 Å². The van der Waals surface area contributed by atoms with Crippen molar-refractivity contribution < 1.29 is 19.8 Å². The van der Waals surface area contributed by atoms with Crippen molar-refractivity contribution in [1.29, 1.82) is 0 Å². The van der Waals surface area contributed by atoms with Crippen LogP contribution in [-0.4, -0.2) is 34.2 Å². The lowest BCUT2D eigenvalue weighted by Crippen LogP contribution is -2.31. The summed E-state index contributed by atoms with van der Waals surface area (Å²) in [6.07, 6.45) is 0.847. The number of thiophene rings is 2. The van der Waals surface area contributed by atoms with Crippen LogP contribution in [0.15, 0.2) is 35.0 Å². The molecular weight excluding hydrogens is 324 g/mol. The lowest BCUT2D eigenvalue weighted by atomic mass is 10.2. The van der Waals surface area contributed by atoms with Crippen molar-refractivity contribution in [1.82, 2.24) is 0 Å². The Balaban J connectivity index is 0.000000220. The molecule has 120 valence electrons. The Morgan fingerprint density at radius 3 is 1.50 bits per heavy atom. The van der Waals surface area contributed by atoms with Gasteiger partial charge >= 0.3 is 11.9 Å². The molecule has 1 unspecified atom stereocenters. The summed E-state index contributed by atoms with van der Waals surface area (Å²) < 4.78 is 0. The van der Waals surface area contributed by atoms with Crippen LogP contribution in [0.5, 0.6) is 0 Å². The fraction of sp³-hybridized carbons (Fsp3) is 0.286. The highest BCUT2D eigenvalue weighted by Crippen LogP contribution is 2.10. The molecule has 2 aromatic heterocycles. The van der Waals surface area contributed by atoms with Crippen molar-refractivity contribution >= 4 is 34.6 Å². The van der Waals surface area contributed by atoms with E-state index in [1.807, 2.05) is 35.0 Å². The normalized spacial score (nSPS) is 12.8. The van der Waals surface area contributed by atoms with Crippen molar-refractivity contribution in [2.24, 2.45) is 11.5 Å². The summed E-state index contributed by atoms with van der Waals surface area (Å²) in [6.45, 7) is 0. The molecule has 0 aliphatic rings. The predicted molar refractivity (Wildman–Crippen MR) is 87.3 cm³/mol. The van der Waals surface area contributed by atoms with Gasteiger partial charge in [-0.2, -0.15) is 0 Å². The van der Waals surface area contributed by atoms with Gasteiger partial charge in [0.05, 0.1) is 0 Å². The summed E-state index contributed by atoms with van der Waals surface area (Å²) in [7, 11) is 0. The Labute approximate surface area is 136 Å². The van der Waals surface area contributed by atoms with Crippen molar-refractivity contribution in [2.45, 2.75) is 24.9 Å². The largest absolute Gasteiger partial charge is 0.480 e. The summed E-state index contributed by atoms with van der Waals surface area (Å²) >= 11 is 3.05. The number of carboxylic acid groups (broad SMARTS) is 2. The second kappa shape index (κ2) is 9.31. The monoisotopic (exact) mass is 342 g/mol. The highest BCUT2D eigenvalue weighted by Gasteiger charge is 2.12. The molecule has 0 bridgehead atoms. The molecule has 0 radical (unpaired) electrons. The molecule has 0 aliphatic carbocycles. The van der Waals surface area contributed by atoms with Crippen LogP contribution >= 0.6 is 22.7 Å². The number of aliphatic carboxylic acids is 2. The molecule has 0 aromatic carbocycles. The van der Waals surface area contributed by atoms with Crippen LogP contribution in [0, 0.1) is 0 Å². The molecule has 2 aromatic rings. The predicted octanol–water partition coefficient (Wildman–Crippen LogP) is 1.40. The summed E-state index contributed by atoms with van der Waals surface area (Å²) in [5.74, 6) is -1.89. The van der Waals surface area contributed by atoms with E-state index in [0.717, 1.165) is 9.75 Å². The quantitative estimate of drug-likeness (QED) is 0.628. The topological polar surface area (TPSA) is 127 Å². The molecule has 2 heterocycles. The van der Waals surface area contributed by atoms with Gasteiger partial charge in [-0.3, -0.25) is 9.59 Å². The summed E-state index contributed by atoms with van der Waals surface area (Å²) in [5.41, 5.74) is 10.6. The van der Waals surface area contributed by atoms with Crippen LogP contribution in [0.1, 0.15) is 9.75 Å². The first kappa shape index (κ1) is 18.3. The maximum atomic E-state index is 10.3. The number of rotatable bonds is 6. The molecule has 0 fully saturated rings. The third-order valence-electron chi connectivity index (χ3n) is 2.64. The van der Waals surface area contributed by atoms with Crippen molar-refractivity contribution in [3.05, 3.63) is 44.8 Å². The van der Waals surface area contributed by atoms with E-state index in [2.05, 4.69) is 0 Å². The van der Waals surface area contributed by atoms with E-state index < -0.39 is 24.0 Å². The molecule has 6 nitrogen and oxygen atoms in total. The first-order chi connectivity index (χ1) is 10.4. The number of hydrogen-bond acceptors (Lipinski definition) is 6. The van der Waals surface area contributed by atoms with E-state index in [-0.39, 0.29) is 0 Å². The van der Waals surface area contributed by atoms with Crippen LogP contribution in [0.4, 0.5) is 0 Å². The van der Waals surface area contributed by atoms with Gasteiger partial charge in [-0.25, -0.2) is 0 Å². The van der Waals surface area contributed by atoms with Gasteiger partial charge in [-0.05, 0) is 22.9 Å². The molecule has 0 saturated heterocycles. The Morgan fingerprint density at radius 2 is 1.27 bits per heavy atom. The van der Waals surface area contributed by atoms with Crippen LogP contribution in [0.25, 0.3) is 0 Å². The smallest absolute Gasteiger partial charge is 0.320 e. The summed E-state index contributed by atoms with van der Waals surface area (Å²) in [5, 5.41) is 20.7. The van der Waals surface area contributed by atoms with E-state index in [0.29, 0.717) is 12.8 Å². The van der Waals surface area contributed by atoms with E-state index >= 15 is 0 Å². The van der Waals surface area contributed by atoms with Gasteiger partial charge in [-0.15, -0.1) is 22.7 Å². The minimum Gasteiger partial charge on any atom is -0.480 e. The van der Waals surface area contributed by atoms with Gasteiger partial charge in [0.15, 0.2) is 0 Å². The minimum atomic E-state index is -0.946. The molecular formula is C14H18N2O4S2. The summed E-state index contributed by atoms with van der Waals surface area (Å²) in [4.78, 5) is 22.6. The fourth-order valence-corrected chi connectivity index (χ4v) is 3.00. The average molecular weight is 342 g/mol. The molecule has 0 aliphatic heterocycles. The standard InChI is InChI=1S/2C7H9NO2S/c2*8-6(7(9)10)4-5-2-1-3-11-5/h2*1-3,6H,4,8H2,(H,9,10)/t6-;/m0./s1. The van der Waals surface area contributed by atoms with Crippen LogP contribution in [0.2, 0.25) is 0 Å². The molecule has 6 N–H and O–H groups in total. The van der Waals surface area contributed by atoms with Crippen LogP contribution < -0.4 is 11.5 Å². The van der Waals surface area contributed by atoms with E-state index in [1.165, 1.54) is 22.7 Å². The van der Waals surface area contributed by atoms with Gasteiger partial charge < -0.3 is 21.7 Å². The Bertz CT molecular complexity index is 517. The van der Waals surface area contributed by atoms with Crippen LogP contribution in [0.3, 0.4) is 0 Å².